The zero-order chi connectivity index (χ0) is 12.0. The van der Waals surface area contributed by atoms with Crippen LogP contribution >= 0.6 is 0 Å². The molecule has 1 heterocycles. The summed E-state index contributed by atoms with van der Waals surface area (Å²) in [5, 5.41) is 6.37. The number of hydrogen-bond donors (Lipinski definition) is 2. The molecule has 0 aromatic rings. The molecule has 0 spiro atoms. The summed E-state index contributed by atoms with van der Waals surface area (Å²) >= 11 is 0. The molecule has 0 aromatic heterocycles. The predicted molar refractivity (Wildman–Crippen MR) is 67.3 cm³/mol. The van der Waals surface area contributed by atoms with Crippen molar-refractivity contribution in [2.75, 3.05) is 13.1 Å². The van der Waals surface area contributed by atoms with Gasteiger partial charge in [0.25, 0.3) is 0 Å². The molecule has 0 saturated carbocycles. The maximum Gasteiger partial charge on any atom is 0.237 e. The van der Waals surface area contributed by atoms with E-state index in [9.17, 15) is 4.79 Å². The normalized spacial score (nSPS) is 25.8. The Kier molecular flexibility index (Phi) is 5.81. The predicted octanol–water partition coefficient (Wildman–Crippen LogP) is 1.93. The molecule has 0 bridgehead atoms. The number of rotatable bonds is 5. The minimum absolute atomic E-state index is 0.0399. The first kappa shape index (κ1) is 13.5. The van der Waals surface area contributed by atoms with Crippen molar-refractivity contribution < 1.29 is 4.79 Å². The lowest BCUT2D eigenvalue weighted by Crippen LogP contribution is -2.49. The van der Waals surface area contributed by atoms with Gasteiger partial charge in [-0.25, -0.2) is 0 Å². The Morgan fingerprint density at radius 3 is 2.69 bits per heavy atom. The maximum absolute atomic E-state index is 11.9. The van der Waals surface area contributed by atoms with Crippen LogP contribution in [-0.2, 0) is 4.79 Å². The van der Waals surface area contributed by atoms with Crippen molar-refractivity contribution in [1.82, 2.24) is 10.6 Å². The van der Waals surface area contributed by atoms with Gasteiger partial charge in [-0.3, -0.25) is 4.79 Å². The zero-order valence-electron chi connectivity index (χ0n) is 10.9. The fourth-order valence-electron chi connectivity index (χ4n) is 2.25. The standard InChI is InChI=1S/C13H26N2O/c1-4-11(5-2)9-15-13(16)12-8-10(3)6-7-14-12/h10-12,14H,4-9H2,1-3H3,(H,15,16). The molecule has 0 radical (unpaired) electrons. The molecule has 1 rings (SSSR count). The van der Waals surface area contributed by atoms with Crippen molar-refractivity contribution in [1.29, 1.82) is 0 Å². The Morgan fingerprint density at radius 1 is 1.44 bits per heavy atom. The molecule has 16 heavy (non-hydrogen) atoms. The highest BCUT2D eigenvalue weighted by molar-refractivity contribution is 5.81. The summed E-state index contributed by atoms with van der Waals surface area (Å²) in [5.41, 5.74) is 0. The first-order valence-electron chi connectivity index (χ1n) is 6.68. The van der Waals surface area contributed by atoms with Crippen molar-refractivity contribution in [3.8, 4) is 0 Å². The molecular weight excluding hydrogens is 200 g/mol. The minimum atomic E-state index is 0.0399. The molecule has 2 N–H and O–H groups in total. The van der Waals surface area contributed by atoms with E-state index >= 15 is 0 Å². The molecule has 2 unspecified atom stereocenters. The highest BCUT2D eigenvalue weighted by Crippen LogP contribution is 2.15. The molecular formula is C13H26N2O. The van der Waals surface area contributed by atoms with Crippen molar-refractivity contribution >= 4 is 5.91 Å². The second-order valence-corrected chi connectivity index (χ2v) is 5.06. The van der Waals surface area contributed by atoms with Crippen LogP contribution in [0.5, 0.6) is 0 Å². The molecule has 1 saturated heterocycles. The molecule has 1 amide bonds. The van der Waals surface area contributed by atoms with Crippen LogP contribution in [0, 0.1) is 11.8 Å². The largest absolute Gasteiger partial charge is 0.354 e. The zero-order valence-corrected chi connectivity index (χ0v) is 10.9. The monoisotopic (exact) mass is 226 g/mol. The van der Waals surface area contributed by atoms with E-state index in [1.54, 1.807) is 0 Å². The van der Waals surface area contributed by atoms with Crippen LogP contribution in [0.25, 0.3) is 0 Å². The number of amides is 1. The Bertz CT molecular complexity index is 214. The van der Waals surface area contributed by atoms with Crippen LogP contribution in [-0.4, -0.2) is 25.0 Å². The van der Waals surface area contributed by atoms with Crippen LogP contribution in [0.2, 0.25) is 0 Å². The van der Waals surface area contributed by atoms with Gasteiger partial charge in [0.2, 0.25) is 5.91 Å². The number of nitrogens with one attached hydrogen (secondary N) is 2. The average Bonchev–Trinajstić information content (AvgIpc) is 2.30. The van der Waals surface area contributed by atoms with Gasteiger partial charge in [0.15, 0.2) is 0 Å². The smallest absolute Gasteiger partial charge is 0.237 e. The lowest BCUT2D eigenvalue weighted by molar-refractivity contribution is -0.124. The average molecular weight is 226 g/mol. The molecule has 3 nitrogen and oxygen atoms in total. The maximum atomic E-state index is 11.9. The highest BCUT2D eigenvalue weighted by atomic mass is 16.2. The third-order valence-corrected chi connectivity index (χ3v) is 3.70. The fourth-order valence-corrected chi connectivity index (χ4v) is 2.25. The Hall–Kier alpha value is -0.570. The molecule has 3 heteroatoms. The van der Waals surface area contributed by atoms with Crippen LogP contribution in [0.1, 0.15) is 46.5 Å². The Labute approximate surface area is 99.4 Å². The van der Waals surface area contributed by atoms with Crippen molar-refractivity contribution in [3.63, 3.8) is 0 Å². The summed E-state index contributed by atoms with van der Waals surface area (Å²) in [5.74, 6) is 1.49. The number of carbonyl (C=O) groups excluding carboxylic acids is 1. The van der Waals surface area contributed by atoms with E-state index in [1.165, 1.54) is 6.42 Å². The van der Waals surface area contributed by atoms with Gasteiger partial charge in [-0.15, -0.1) is 0 Å². The first-order chi connectivity index (χ1) is 7.67. The van der Waals surface area contributed by atoms with Crippen molar-refractivity contribution in [3.05, 3.63) is 0 Å². The minimum Gasteiger partial charge on any atom is -0.354 e. The molecule has 1 aliphatic heterocycles. The fraction of sp³-hybridized carbons (Fsp3) is 0.923. The van der Waals surface area contributed by atoms with Gasteiger partial charge in [-0.1, -0.05) is 33.6 Å². The molecule has 0 aliphatic carbocycles. The van der Waals surface area contributed by atoms with E-state index in [4.69, 9.17) is 0 Å². The van der Waals surface area contributed by atoms with E-state index in [0.29, 0.717) is 11.8 Å². The van der Waals surface area contributed by atoms with Crippen molar-refractivity contribution in [2.24, 2.45) is 11.8 Å². The second kappa shape index (κ2) is 6.89. The lowest BCUT2D eigenvalue weighted by Gasteiger charge is -2.27. The summed E-state index contributed by atoms with van der Waals surface area (Å²) in [6.45, 7) is 8.40. The summed E-state index contributed by atoms with van der Waals surface area (Å²) in [6, 6.07) is 0.0399. The summed E-state index contributed by atoms with van der Waals surface area (Å²) < 4.78 is 0. The number of hydrogen-bond acceptors (Lipinski definition) is 2. The molecule has 94 valence electrons. The van der Waals surface area contributed by atoms with E-state index in [2.05, 4.69) is 31.4 Å². The summed E-state index contributed by atoms with van der Waals surface area (Å²) in [4.78, 5) is 11.9. The van der Waals surface area contributed by atoms with Crippen LogP contribution < -0.4 is 10.6 Å². The summed E-state index contributed by atoms with van der Waals surface area (Å²) in [7, 11) is 0. The van der Waals surface area contributed by atoms with Gasteiger partial charge < -0.3 is 10.6 Å². The number of carbonyl (C=O) groups is 1. The third kappa shape index (κ3) is 4.12. The Balaban J connectivity index is 2.28. The van der Waals surface area contributed by atoms with Crippen molar-refractivity contribution in [2.45, 2.75) is 52.5 Å². The topological polar surface area (TPSA) is 41.1 Å². The highest BCUT2D eigenvalue weighted by Gasteiger charge is 2.24. The van der Waals surface area contributed by atoms with Crippen LogP contribution in [0.15, 0.2) is 0 Å². The SMILES string of the molecule is CCC(CC)CNC(=O)C1CC(C)CCN1. The third-order valence-electron chi connectivity index (χ3n) is 3.70. The first-order valence-corrected chi connectivity index (χ1v) is 6.68. The molecule has 1 aliphatic rings. The van der Waals surface area contributed by atoms with E-state index in [0.717, 1.165) is 32.4 Å². The second-order valence-electron chi connectivity index (χ2n) is 5.06. The Morgan fingerprint density at radius 2 is 2.12 bits per heavy atom. The molecule has 2 atom stereocenters. The van der Waals surface area contributed by atoms with E-state index in [-0.39, 0.29) is 11.9 Å². The molecule has 0 aromatic carbocycles. The van der Waals surface area contributed by atoms with Gasteiger partial charge in [0.1, 0.15) is 0 Å². The van der Waals surface area contributed by atoms with Crippen LogP contribution in [0.3, 0.4) is 0 Å². The van der Waals surface area contributed by atoms with Gasteiger partial charge in [-0.05, 0) is 31.2 Å². The van der Waals surface area contributed by atoms with Gasteiger partial charge >= 0.3 is 0 Å². The van der Waals surface area contributed by atoms with E-state index in [1.807, 2.05) is 0 Å². The van der Waals surface area contributed by atoms with Gasteiger partial charge in [-0.2, -0.15) is 0 Å². The van der Waals surface area contributed by atoms with E-state index < -0.39 is 0 Å². The lowest BCUT2D eigenvalue weighted by atomic mass is 9.93. The molecule has 1 fully saturated rings. The van der Waals surface area contributed by atoms with Gasteiger partial charge in [0, 0.05) is 6.54 Å². The summed E-state index contributed by atoms with van der Waals surface area (Å²) in [6.07, 6.45) is 4.46. The number of piperidine rings is 1. The van der Waals surface area contributed by atoms with Gasteiger partial charge in [0.05, 0.1) is 6.04 Å². The quantitative estimate of drug-likeness (QED) is 0.752. The van der Waals surface area contributed by atoms with Crippen LogP contribution in [0.4, 0.5) is 0 Å².